The smallest absolute Gasteiger partial charge is 0.340 e. The Morgan fingerprint density at radius 1 is 1.14 bits per heavy atom. The van der Waals surface area contributed by atoms with Crippen molar-refractivity contribution in [2.45, 2.75) is 25.0 Å². The maximum absolute atomic E-state index is 14.1. The van der Waals surface area contributed by atoms with E-state index >= 15 is 0 Å². The molecule has 3 aromatic carbocycles. The highest BCUT2D eigenvalue weighted by molar-refractivity contribution is 9.10. The highest BCUT2D eigenvalue weighted by atomic mass is 79.9. The summed E-state index contributed by atoms with van der Waals surface area (Å²) in [5.74, 6) is -1.08. The van der Waals surface area contributed by atoms with Crippen molar-refractivity contribution in [2.24, 2.45) is 0 Å². The molecule has 0 bridgehead atoms. The first-order valence-electron chi connectivity index (χ1n) is 11.7. The van der Waals surface area contributed by atoms with Crippen LogP contribution in [-0.4, -0.2) is 29.4 Å². The molecule has 4 aromatic rings. The van der Waals surface area contributed by atoms with E-state index in [9.17, 15) is 14.0 Å². The maximum Gasteiger partial charge on any atom is 0.340 e. The fourth-order valence-electron chi connectivity index (χ4n) is 5.42. The third-order valence-electron chi connectivity index (χ3n) is 7.11. The zero-order valence-corrected chi connectivity index (χ0v) is 21.5. The molecule has 0 atom stereocenters. The Hall–Kier alpha value is -3.00. The third kappa shape index (κ3) is 3.77. The van der Waals surface area contributed by atoms with Crippen LogP contribution in [-0.2, 0) is 16.9 Å². The average molecular weight is 568 g/mol. The van der Waals surface area contributed by atoms with Gasteiger partial charge in [0.1, 0.15) is 11.4 Å². The number of piperidine rings is 1. The SMILES string of the molecule is O=C1OC2(CCNCC2)c2ccc(Br)c(C(=O)c3cn(Cc4cccc(F)c4)c4cc(Cl)ccc34)c21. The quantitative estimate of drug-likeness (QED) is 0.235. The second-order valence-corrected chi connectivity index (χ2v) is 10.6. The summed E-state index contributed by atoms with van der Waals surface area (Å²) in [5.41, 5.74) is 2.63. The normalized spacial score (nSPS) is 16.4. The van der Waals surface area contributed by atoms with E-state index in [0.29, 0.717) is 51.0 Å². The molecule has 1 spiro atoms. The molecule has 1 N–H and O–H groups in total. The molecular weight excluding hydrogens is 547 g/mol. The lowest BCUT2D eigenvalue weighted by Crippen LogP contribution is -2.40. The van der Waals surface area contributed by atoms with Crippen molar-refractivity contribution in [1.29, 1.82) is 0 Å². The number of aromatic nitrogens is 1. The summed E-state index contributed by atoms with van der Waals surface area (Å²) in [6, 6.07) is 15.4. The van der Waals surface area contributed by atoms with Crippen LogP contribution in [0.3, 0.4) is 0 Å². The second-order valence-electron chi connectivity index (χ2n) is 9.27. The van der Waals surface area contributed by atoms with Crippen molar-refractivity contribution in [3.8, 4) is 0 Å². The predicted octanol–water partition coefficient (Wildman–Crippen LogP) is 6.22. The van der Waals surface area contributed by atoms with Crippen molar-refractivity contribution >= 4 is 50.2 Å². The third-order valence-corrected chi connectivity index (χ3v) is 8.00. The van der Waals surface area contributed by atoms with E-state index in [2.05, 4.69) is 21.2 Å². The van der Waals surface area contributed by atoms with Crippen molar-refractivity contribution in [3.63, 3.8) is 0 Å². The van der Waals surface area contributed by atoms with Gasteiger partial charge in [-0.15, -0.1) is 0 Å². The fourth-order valence-corrected chi connectivity index (χ4v) is 6.10. The van der Waals surface area contributed by atoms with Crippen molar-refractivity contribution < 1.29 is 18.7 Å². The summed E-state index contributed by atoms with van der Waals surface area (Å²) in [6.07, 6.45) is 3.07. The zero-order chi connectivity index (χ0) is 25.0. The molecule has 2 aliphatic rings. The van der Waals surface area contributed by atoms with Crippen LogP contribution in [0.25, 0.3) is 10.9 Å². The van der Waals surface area contributed by atoms with Gasteiger partial charge in [0.25, 0.3) is 0 Å². The number of rotatable bonds is 4. The first-order chi connectivity index (χ1) is 17.4. The number of esters is 1. The molecule has 1 aromatic heterocycles. The number of carbonyl (C=O) groups is 2. The molecule has 0 saturated carbocycles. The highest BCUT2D eigenvalue weighted by Gasteiger charge is 2.48. The lowest BCUT2D eigenvalue weighted by Gasteiger charge is -2.33. The molecule has 3 heterocycles. The van der Waals surface area contributed by atoms with Crippen LogP contribution in [0, 0.1) is 5.82 Å². The van der Waals surface area contributed by atoms with E-state index in [1.54, 1.807) is 30.5 Å². The fraction of sp³-hybridized carbons (Fsp3) is 0.214. The monoisotopic (exact) mass is 566 g/mol. The van der Waals surface area contributed by atoms with Crippen molar-refractivity contribution in [1.82, 2.24) is 9.88 Å². The summed E-state index contributed by atoms with van der Waals surface area (Å²) in [6.45, 7) is 1.83. The minimum Gasteiger partial charge on any atom is -0.450 e. The Balaban J connectivity index is 1.49. The molecule has 0 radical (unpaired) electrons. The molecule has 6 rings (SSSR count). The number of carbonyl (C=O) groups excluding carboxylic acids is 2. The van der Waals surface area contributed by atoms with E-state index in [1.807, 2.05) is 22.8 Å². The van der Waals surface area contributed by atoms with Crippen LogP contribution in [0.4, 0.5) is 4.39 Å². The first kappa shape index (κ1) is 23.4. The Labute approximate surface area is 220 Å². The van der Waals surface area contributed by atoms with Gasteiger partial charge < -0.3 is 14.6 Å². The highest BCUT2D eigenvalue weighted by Crippen LogP contribution is 2.46. The number of ketones is 1. The van der Waals surface area contributed by atoms with Crippen molar-refractivity contribution in [3.05, 3.63) is 104 Å². The summed E-state index contributed by atoms with van der Waals surface area (Å²) >= 11 is 9.82. The van der Waals surface area contributed by atoms with Crippen LogP contribution in [0.5, 0.6) is 0 Å². The van der Waals surface area contributed by atoms with Gasteiger partial charge in [-0.2, -0.15) is 0 Å². The minimum atomic E-state index is -0.702. The number of ether oxygens (including phenoxy) is 1. The van der Waals surface area contributed by atoms with E-state index in [4.69, 9.17) is 16.3 Å². The summed E-state index contributed by atoms with van der Waals surface area (Å²) < 4.78 is 22.2. The minimum absolute atomic E-state index is 0.285. The number of hydrogen-bond acceptors (Lipinski definition) is 4. The molecule has 5 nitrogen and oxygen atoms in total. The van der Waals surface area contributed by atoms with Gasteiger partial charge in [0.15, 0.2) is 5.78 Å². The lowest BCUT2D eigenvalue weighted by atomic mass is 9.82. The number of nitrogens with one attached hydrogen (secondary N) is 1. The van der Waals surface area contributed by atoms with Crippen LogP contribution in [0.15, 0.2) is 65.3 Å². The van der Waals surface area contributed by atoms with Gasteiger partial charge in [0.05, 0.1) is 16.6 Å². The van der Waals surface area contributed by atoms with E-state index < -0.39 is 11.6 Å². The van der Waals surface area contributed by atoms with Gasteiger partial charge in [-0.05, 0) is 49.0 Å². The molecule has 8 heteroatoms. The maximum atomic E-state index is 14.1. The van der Waals surface area contributed by atoms with Crippen LogP contribution in [0.1, 0.15) is 50.2 Å². The largest absolute Gasteiger partial charge is 0.450 e. The molecule has 0 unspecified atom stereocenters. The van der Waals surface area contributed by atoms with Gasteiger partial charge in [0, 0.05) is 51.6 Å². The summed E-state index contributed by atoms with van der Waals surface area (Å²) in [7, 11) is 0. The van der Waals surface area contributed by atoms with Gasteiger partial charge >= 0.3 is 5.97 Å². The Kier molecular flexibility index (Phi) is 5.74. The van der Waals surface area contributed by atoms with Gasteiger partial charge in [-0.25, -0.2) is 9.18 Å². The van der Waals surface area contributed by atoms with Crippen LogP contribution in [0.2, 0.25) is 5.02 Å². The Bertz CT molecular complexity index is 1560. The number of fused-ring (bicyclic) bond motifs is 3. The summed E-state index contributed by atoms with van der Waals surface area (Å²) in [5, 5.41) is 4.53. The predicted molar refractivity (Wildman–Crippen MR) is 139 cm³/mol. The molecule has 0 aliphatic carbocycles. The van der Waals surface area contributed by atoms with E-state index in [0.717, 1.165) is 29.7 Å². The molecule has 182 valence electrons. The van der Waals surface area contributed by atoms with Crippen LogP contribution >= 0.6 is 27.5 Å². The molecular formula is C28H21BrClFN2O3. The van der Waals surface area contributed by atoms with Gasteiger partial charge in [-0.3, -0.25) is 4.79 Å². The molecule has 36 heavy (non-hydrogen) atoms. The van der Waals surface area contributed by atoms with E-state index in [1.165, 1.54) is 12.1 Å². The van der Waals surface area contributed by atoms with Gasteiger partial charge in [0.2, 0.25) is 0 Å². The number of hydrogen-bond donors (Lipinski definition) is 1. The zero-order valence-electron chi connectivity index (χ0n) is 19.1. The Morgan fingerprint density at radius 3 is 2.72 bits per heavy atom. The number of halogens is 3. The van der Waals surface area contributed by atoms with E-state index in [-0.39, 0.29) is 11.6 Å². The topological polar surface area (TPSA) is 60.3 Å². The second kappa shape index (κ2) is 8.83. The van der Waals surface area contributed by atoms with Gasteiger partial charge in [-0.1, -0.05) is 51.8 Å². The molecule has 0 amide bonds. The molecule has 1 fully saturated rings. The van der Waals surface area contributed by atoms with Crippen molar-refractivity contribution in [2.75, 3.05) is 13.1 Å². The molecule has 2 aliphatic heterocycles. The van der Waals surface area contributed by atoms with Crippen LogP contribution < -0.4 is 5.32 Å². The summed E-state index contributed by atoms with van der Waals surface area (Å²) in [4.78, 5) is 27.3. The molecule has 1 saturated heterocycles. The number of nitrogens with zero attached hydrogens (tertiary/aromatic N) is 1. The average Bonchev–Trinajstić information content (AvgIpc) is 3.33. The number of benzene rings is 3. The Morgan fingerprint density at radius 2 is 1.94 bits per heavy atom. The standard InChI is InChI=1S/C28H21BrClFN2O3/c29-22-7-6-21-24(27(35)36-28(21)8-10-32-11-9-28)25(22)26(34)20-15-33(14-16-2-1-3-18(31)12-16)23-13-17(30)4-5-19(20)23/h1-7,12-13,15,32H,8-11,14H2. The lowest BCUT2D eigenvalue weighted by molar-refractivity contribution is -0.0242. The first-order valence-corrected chi connectivity index (χ1v) is 12.9.